The number of nitrogens with zero attached hydrogens (tertiary/aromatic N) is 2. The summed E-state index contributed by atoms with van der Waals surface area (Å²) in [6, 6.07) is 8.08. The first-order valence-electron chi connectivity index (χ1n) is 7.02. The van der Waals surface area contributed by atoms with E-state index in [1.807, 2.05) is 37.3 Å². The summed E-state index contributed by atoms with van der Waals surface area (Å²) >= 11 is 0. The van der Waals surface area contributed by atoms with E-state index in [-0.39, 0.29) is 0 Å². The van der Waals surface area contributed by atoms with Gasteiger partial charge < -0.3 is 5.32 Å². The normalized spacial score (nSPS) is 11.6. The highest BCUT2D eigenvalue weighted by Crippen LogP contribution is 2.20. The lowest BCUT2D eigenvalue weighted by molar-refractivity contribution is 0.885. The second kappa shape index (κ2) is 6.85. The summed E-state index contributed by atoms with van der Waals surface area (Å²) in [6.45, 7) is 8.67. The number of fused-ring (bicyclic) bond motifs is 1. The second-order valence-corrected chi connectivity index (χ2v) is 4.80. The molecular formula is C17H21N3. The Kier molecular flexibility index (Phi) is 4.88. The Balaban J connectivity index is 2.25. The van der Waals surface area contributed by atoms with Crippen molar-refractivity contribution in [3.8, 4) is 0 Å². The molecular weight excluding hydrogens is 246 g/mol. The molecule has 0 saturated heterocycles. The molecule has 0 amide bonds. The van der Waals surface area contributed by atoms with Crippen LogP contribution in [0.4, 0.5) is 5.82 Å². The average Bonchev–Trinajstić information content (AvgIpc) is 2.44. The summed E-state index contributed by atoms with van der Waals surface area (Å²) in [5.41, 5.74) is 2.31. The van der Waals surface area contributed by atoms with Gasteiger partial charge in [0.25, 0.3) is 0 Å². The van der Waals surface area contributed by atoms with E-state index < -0.39 is 0 Å². The van der Waals surface area contributed by atoms with Crippen molar-refractivity contribution < 1.29 is 0 Å². The second-order valence-electron chi connectivity index (χ2n) is 4.80. The molecule has 3 nitrogen and oxygen atoms in total. The fourth-order valence-corrected chi connectivity index (χ4v) is 2.24. The van der Waals surface area contributed by atoms with Crippen LogP contribution in [0.1, 0.15) is 25.6 Å². The van der Waals surface area contributed by atoms with Crippen LogP contribution in [0, 0.1) is 6.92 Å². The third kappa shape index (κ3) is 3.44. The Morgan fingerprint density at radius 3 is 2.85 bits per heavy atom. The number of aromatic nitrogens is 2. The largest absolute Gasteiger partial charge is 0.366 e. The highest BCUT2D eigenvalue weighted by molar-refractivity contribution is 5.89. The van der Waals surface area contributed by atoms with Gasteiger partial charge in [-0.2, -0.15) is 0 Å². The molecule has 3 heteroatoms. The molecule has 0 spiro atoms. The van der Waals surface area contributed by atoms with Crippen molar-refractivity contribution in [1.82, 2.24) is 9.97 Å². The van der Waals surface area contributed by atoms with E-state index in [4.69, 9.17) is 0 Å². The standard InChI is InChI=1S/C17H21N3/c1-4-8-14(9-5-2)12-18-17-15-10-6-7-11-16(15)19-13(3)20-17/h4,6-8,10-11H,1,5,9,12H2,2-3H3,(H,18,19,20)/b14-8+. The predicted molar refractivity (Wildman–Crippen MR) is 86.0 cm³/mol. The fourth-order valence-electron chi connectivity index (χ4n) is 2.24. The summed E-state index contributed by atoms with van der Waals surface area (Å²) in [5.74, 6) is 1.69. The average molecular weight is 267 g/mol. The number of benzene rings is 1. The van der Waals surface area contributed by atoms with E-state index in [0.717, 1.165) is 41.9 Å². The first-order chi connectivity index (χ1) is 9.74. The van der Waals surface area contributed by atoms with E-state index in [9.17, 15) is 0 Å². The van der Waals surface area contributed by atoms with Crippen molar-refractivity contribution >= 4 is 16.7 Å². The highest BCUT2D eigenvalue weighted by atomic mass is 15.0. The van der Waals surface area contributed by atoms with Gasteiger partial charge in [0.15, 0.2) is 0 Å². The number of anilines is 1. The number of hydrogen-bond donors (Lipinski definition) is 1. The molecule has 20 heavy (non-hydrogen) atoms. The van der Waals surface area contributed by atoms with Crippen molar-refractivity contribution in [2.45, 2.75) is 26.7 Å². The van der Waals surface area contributed by atoms with Crippen molar-refractivity contribution in [2.75, 3.05) is 11.9 Å². The smallest absolute Gasteiger partial charge is 0.137 e. The lowest BCUT2D eigenvalue weighted by Crippen LogP contribution is -2.08. The van der Waals surface area contributed by atoms with E-state index in [1.54, 1.807) is 0 Å². The minimum absolute atomic E-state index is 0.788. The molecule has 0 unspecified atom stereocenters. The van der Waals surface area contributed by atoms with Crippen LogP contribution >= 0.6 is 0 Å². The fraction of sp³-hybridized carbons (Fsp3) is 0.294. The summed E-state index contributed by atoms with van der Waals surface area (Å²) < 4.78 is 0. The van der Waals surface area contributed by atoms with Crippen LogP contribution in [0.15, 0.2) is 48.6 Å². The Bertz CT molecular complexity index is 629. The van der Waals surface area contributed by atoms with Gasteiger partial charge in [-0.1, -0.05) is 49.8 Å². The van der Waals surface area contributed by atoms with E-state index in [0.29, 0.717) is 0 Å². The topological polar surface area (TPSA) is 37.8 Å². The lowest BCUT2D eigenvalue weighted by Gasteiger charge is -2.11. The molecule has 0 aliphatic rings. The van der Waals surface area contributed by atoms with Gasteiger partial charge in [0.05, 0.1) is 5.52 Å². The Morgan fingerprint density at radius 1 is 1.30 bits per heavy atom. The molecule has 0 aliphatic carbocycles. The summed E-state index contributed by atoms with van der Waals surface area (Å²) in [4.78, 5) is 8.97. The molecule has 2 aromatic rings. The van der Waals surface area contributed by atoms with Crippen LogP contribution in [-0.4, -0.2) is 16.5 Å². The number of hydrogen-bond acceptors (Lipinski definition) is 3. The lowest BCUT2D eigenvalue weighted by atomic mass is 10.1. The van der Waals surface area contributed by atoms with Gasteiger partial charge in [-0.3, -0.25) is 0 Å². The van der Waals surface area contributed by atoms with E-state index in [1.165, 1.54) is 5.57 Å². The maximum Gasteiger partial charge on any atom is 0.137 e. The van der Waals surface area contributed by atoms with Gasteiger partial charge >= 0.3 is 0 Å². The predicted octanol–water partition coefficient (Wildman–Crippen LogP) is 4.26. The van der Waals surface area contributed by atoms with Crippen molar-refractivity contribution in [3.63, 3.8) is 0 Å². The number of allylic oxidation sites excluding steroid dienone is 2. The van der Waals surface area contributed by atoms with Gasteiger partial charge in [-0.05, 0) is 25.5 Å². The molecule has 0 atom stereocenters. The van der Waals surface area contributed by atoms with Gasteiger partial charge in [-0.25, -0.2) is 9.97 Å². The summed E-state index contributed by atoms with van der Waals surface area (Å²) in [6.07, 6.45) is 6.12. The van der Waals surface area contributed by atoms with Gasteiger partial charge in [0, 0.05) is 11.9 Å². The number of para-hydroxylation sites is 1. The first-order valence-corrected chi connectivity index (χ1v) is 7.02. The molecule has 0 aliphatic heterocycles. The minimum Gasteiger partial charge on any atom is -0.366 e. The highest BCUT2D eigenvalue weighted by Gasteiger charge is 2.05. The molecule has 1 N–H and O–H groups in total. The Morgan fingerprint density at radius 2 is 2.10 bits per heavy atom. The molecule has 1 heterocycles. The zero-order valence-corrected chi connectivity index (χ0v) is 12.2. The van der Waals surface area contributed by atoms with E-state index >= 15 is 0 Å². The number of aryl methyl sites for hydroxylation is 1. The van der Waals surface area contributed by atoms with Crippen molar-refractivity contribution in [3.05, 3.63) is 54.4 Å². The van der Waals surface area contributed by atoms with Crippen LogP contribution in [0.3, 0.4) is 0 Å². The van der Waals surface area contributed by atoms with Gasteiger partial charge in [0.1, 0.15) is 11.6 Å². The molecule has 0 radical (unpaired) electrons. The van der Waals surface area contributed by atoms with Crippen LogP contribution < -0.4 is 5.32 Å². The first kappa shape index (κ1) is 14.3. The zero-order chi connectivity index (χ0) is 14.4. The molecule has 1 aromatic carbocycles. The third-order valence-corrected chi connectivity index (χ3v) is 3.12. The van der Waals surface area contributed by atoms with Crippen molar-refractivity contribution in [2.24, 2.45) is 0 Å². The third-order valence-electron chi connectivity index (χ3n) is 3.12. The Labute approximate surface area is 120 Å². The maximum atomic E-state index is 4.52. The summed E-state index contributed by atoms with van der Waals surface area (Å²) in [7, 11) is 0. The molecule has 2 rings (SSSR count). The van der Waals surface area contributed by atoms with Gasteiger partial charge in [0.2, 0.25) is 0 Å². The number of nitrogens with one attached hydrogen (secondary N) is 1. The quantitative estimate of drug-likeness (QED) is 0.794. The summed E-state index contributed by atoms with van der Waals surface area (Å²) in [5, 5.41) is 4.49. The van der Waals surface area contributed by atoms with Crippen LogP contribution in [0.5, 0.6) is 0 Å². The van der Waals surface area contributed by atoms with E-state index in [2.05, 4.69) is 34.9 Å². The number of rotatable bonds is 6. The molecule has 0 fully saturated rings. The maximum absolute atomic E-state index is 4.52. The minimum atomic E-state index is 0.788. The molecule has 1 aromatic heterocycles. The van der Waals surface area contributed by atoms with Crippen molar-refractivity contribution in [1.29, 1.82) is 0 Å². The van der Waals surface area contributed by atoms with Crippen LogP contribution in [-0.2, 0) is 0 Å². The molecule has 104 valence electrons. The zero-order valence-electron chi connectivity index (χ0n) is 12.2. The Hall–Kier alpha value is -2.16. The molecule has 0 saturated carbocycles. The monoisotopic (exact) mass is 267 g/mol. The molecule has 0 bridgehead atoms. The van der Waals surface area contributed by atoms with Crippen LogP contribution in [0.2, 0.25) is 0 Å². The van der Waals surface area contributed by atoms with Gasteiger partial charge in [-0.15, -0.1) is 0 Å². The SMILES string of the molecule is C=C/C=C(\CCC)CNc1nc(C)nc2ccccc12. The van der Waals surface area contributed by atoms with Crippen LogP contribution in [0.25, 0.3) is 10.9 Å².